The molecule has 2 aliphatic rings. The van der Waals surface area contributed by atoms with E-state index < -0.39 is 12.1 Å². The molecule has 1 aliphatic heterocycles. The van der Waals surface area contributed by atoms with Crippen molar-refractivity contribution < 1.29 is 9.59 Å². The molecule has 27 heavy (non-hydrogen) atoms. The van der Waals surface area contributed by atoms with Gasteiger partial charge in [0.25, 0.3) is 5.91 Å². The normalized spacial score (nSPS) is 19.6. The molecule has 1 aliphatic carbocycles. The Bertz CT molecular complexity index is 880. The predicted molar refractivity (Wildman–Crippen MR) is 101 cm³/mol. The van der Waals surface area contributed by atoms with Crippen LogP contribution in [0.2, 0.25) is 0 Å². The Hall–Kier alpha value is -2.84. The fourth-order valence-electron chi connectivity index (χ4n) is 3.65. The van der Waals surface area contributed by atoms with E-state index in [0.29, 0.717) is 24.7 Å². The lowest BCUT2D eigenvalue weighted by Crippen LogP contribution is -2.43. The van der Waals surface area contributed by atoms with Gasteiger partial charge in [0.15, 0.2) is 5.82 Å². The van der Waals surface area contributed by atoms with Crippen LogP contribution in [-0.2, 0) is 18.4 Å². The highest BCUT2D eigenvalue weighted by Crippen LogP contribution is 2.40. The molecule has 2 N–H and O–H groups in total. The van der Waals surface area contributed by atoms with Gasteiger partial charge in [0.05, 0.1) is 5.69 Å². The zero-order chi connectivity index (χ0) is 19.1. The maximum absolute atomic E-state index is 12.7. The Labute approximate surface area is 157 Å². The number of nitrogens with one attached hydrogen (secondary N) is 2. The molecule has 0 spiro atoms. The van der Waals surface area contributed by atoms with Crippen molar-refractivity contribution in [2.45, 2.75) is 51.6 Å². The van der Waals surface area contributed by atoms with E-state index in [-0.39, 0.29) is 5.91 Å². The van der Waals surface area contributed by atoms with Gasteiger partial charge in [0.2, 0.25) is 0 Å². The van der Waals surface area contributed by atoms with Gasteiger partial charge in [-0.05, 0) is 33.1 Å². The molecule has 2 aromatic heterocycles. The van der Waals surface area contributed by atoms with Crippen LogP contribution in [0.25, 0.3) is 0 Å². The number of hydrogen-bond donors (Lipinski definition) is 2. The number of rotatable bonds is 5. The highest BCUT2D eigenvalue weighted by Gasteiger charge is 2.35. The summed E-state index contributed by atoms with van der Waals surface area (Å²) >= 11 is 0. The van der Waals surface area contributed by atoms with Gasteiger partial charge in [-0.2, -0.15) is 10.2 Å². The van der Waals surface area contributed by atoms with Gasteiger partial charge in [-0.15, -0.1) is 0 Å². The van der Waals surface area contributed by atoms with E-state index in [9.17, 15) is 9.59 Å². The molecule has 1 unspecified atom stereocenters. The lowest BCUT2D eigenvalue weighted by Gasteiger charge is -2.16. The first-order valence-electron chi connectivity index (χ1n) is 9.43. The van der Waals surface area contributed by atoms with Crippen LogP contribution in [0.3, 0.4) is 0 Å². The number of nitrogens with zero attached hydrogens (tertiary/aromatic N) is 5. The summed E-state index contributed by atoms with van der Waals surface area (Å²) in [5.74, 6) is 1.72. The van der Waals surface area contributed by atoms with Gasteiger partial charge >= 0.3 is 6.03 Å². The molecule has 0 aromatic carbocycles. The third-order valence-corrected chi connectivity index (χ3v) is 5.11. The maximum Gasteiger partial charge on any atom is 0.321 e. The first kappa shape index (κ1) is 17.6. The second-order valence-electron chi connectivity index (χ2n) is 7.24. The molecule has 1 saturated carbocycles. The van der Waals surface area contributed by atoms with Crippen molar-refractivity contribution in [1.29, 1.82) is 0 Å². The zero-order valence-electron chi connectivity index (χ0n) is 15.9. The van der Waals surface area contributed by atoms with E-state index in [0.717, 1.165) is 18.1 Å². The Morgan fingerprint density at radius 3 is 2.67 bits per heavy atom. The van der Waals surface area contributed by atoms with Crippen molar-refractivity contribution in [3.05, 3.63) is 23.5 Å². The minimum Gasteiger partial charge on any atom is -0.326 e. The van der Waals surface area contributed by atoms with Gasteiger partial charge in [0.1, 0.15) is 11.9 Å². The van der Waals surface area contributed by atoms with E-state index >= 15 is 0 Å². The van der Waals surface area contributed by atoms with E-state index in [1.54, 1.807) is 9.58 Å². The molecule has 0 bridgehead atoms. The third kappa shape index (κ3) is 3.41. The monoisotopic (exact) mass is 371 g/mol. The molecule has 4 rings (SSSR count). The van der Waals surface area contributed by atoms with Crippen LogP contribution in [0, 0.1) is 6.92 Å². The molecule has 3 amide bonds. The molecular formula is C18H25N7O2. The summed E-state index contributed by atoms with van der Waals surface area (Å²) in [5.41, 5.74) is 2.02. The molecule has 1 saturated heterocycles. The van der Waals surface area contributed by atoms with E-state index in [4.69, 9.17) is 0 Å². The molecule has 1 atom stereocenters. The summed E-state index contributed by atoms with van der Waals surface area (Å²) in [5, 5.41) is 14.3. The summed E-state index contributed by atoms with van der Waals surface area (Å²) in [6, 6.07) is 2.86. The topological polar surface area (TPSA) is 97.1 Å². The van der Waals surface area contributed by atoms with Crippen molar-refractivity contribution in [1.82, 2.24) is 24.9 Å². The average Bonchev–Trinajstić information content (AvgIpc) is 3.18. The second-order valence-corrected chi connectivity index (χ2v) is 7.24. The fraction of sp³-hybridized carbons (Fsp3) is 0.556. The third-order valence-electron chi connectivity index (χ3n) is 5.11. The Balaban J connectivity index is 1.39. The highest BCUT2D eigenvalue weighted by molar-refractivity contribution is 6.02. The summed E-state index contributed by atoms with van der Waals surface area (Å²) < 4.78 is 3.62. The fourth-order valence-corrected chi connectivity index (χ4v) is 3.65. The van der Waals surface area contributed by atoms with Crippen molar-refractivity contribution in [2.75, 3.05) is 16.8 Å². The summed E-state index contributed by atoms with van der Waals surface area (Å²) in [6.45, 7) is 5.25. The smallest absolute Gasteiger partial charge is 0.321 e. The average molecular weight is 371 g/mol. The molecule has 2 aromatic rings. The summed E-state index contributed by atoms with van der Waals surface area (Å²) in [7, 11) is 1.81. The second kappa shape index (κ2) is 6.71. The first-order chi connectivity index (χ1) is 13.0. The first-order valence-corrected chi connectivity index (χ1v) is 9.43. The van der Waals surface area contributed by atoms with Crippen molar-refractivity contribution >= 4 is 23.6 Å². The van der Waals surface area contributed by atoms with Crippen LogP contribution in [-0.4, -0.2) is 44.1 Å². The van der Waals surface area contributed by atoms with Gasteiger partial charge in [-0.25, -0.2) is 4.79 Å². The predicted octanol–water partition coefficient (Wildman–Crippen LogP) is 1.75. The molecular weight excluding hydrogens is 346 g/mol. The van der Waals surface area contributed by atoms with Crippen LogP contribution in [0.5, 0.6) is 0 Å². The molecule has 0 radical (unpaired) electrons. The van der Waals surface area contributed by atoms with Crippen LogP contribution in [0.4, 0.5) is 16.4 Å². The number of urea groups is 1. The molecule has 9 heteroatoms. The lowest BCUT2D eigenvalue weighted by atomic mass is 10.2. The number of anilines is 2. The van der Waals surface area contributed by atoms with Gasteiger partial charge in [-0.3, -0.25) is 24.4 Å². The van der Waals surface area contributed by atoms with Crippen molar-refractivity contribution in [3.8, 4) is 0 Å². The van der Waals surface area contributed by atoms with Gasteiger partial charge < -0.3 is 5.32 Å². The summed E-state index contributed by atoms with van der Waals surface area (Å²) in [4.78, 5) is 26.7. The highest BCUT2D eigenvalue weighted by atomic mass is 16.2. The Morgan fingerprint density at radius 2 is 2.04 bits per heavy atom. The minimum absolute atomic E-state index is 0.120. The Morgan fingerprint density at radius 1 is 1.26 bits per heavy atom. The standard InChI is InChI=1S/C18H25N7O2/c1-4-25-14(12-5-6-12)10-15(22-25)20-18(27)19-13-7-8-24(17(13)26)16-9-11(2)21-23(16)3/h9-10,12-13H,4-8H2,1-3H3,(H2,19,20,22,27). The summed E-state index contributed by atoms with van der Waals surface area (Å²) in [6.07, 6.45) is 2.92. The zero-order valence-corrected chi connectivity index (χ0v) is 15.9. The van der Waals surface area contributed by atoms with Crippen molar-refractivity contribution in [2.24, 2.45) is 7.05 Å². The van der Waals surface area contributed by atoms with Crippen LogP contribution in [0.15, 0.2) is 12.1 Å². The van der Waals surface area contributed by atoms with E-state index in [1.165, 1.54) is 18.5 Å². The van der Waals surface area contributed by atoms with Crippen LogP contribution in [0.1, 0.15) is 43.5 Å². The van der Waals surface area contributed by atoms with Crippen LogP contribution >= 0.6 is 0 Å². The molecule has 2 fully saturated rings. The van der Waals surface area contributed by atoms with Gasteiger partial charge in [-0.1, -0.05) is 0 Å². The Kier molecular flexibility index (Phi) is 4.37. The largest absolute Gasteiger partial charge is 0.326 e. The number of amides is 3. The SMILES string of the molecule is CCn1nc(NC(=O)NC2CCN(c3cc(C)nn3C)C2=O)cc1C1CC1. The quantitative estimate of drug-likeness (QED) is 0.837. The van der Waals surface area contributed by atoms with Crippen LogP contribution < -0.4 is 15.5 Å². The van der Waals surface area contributed by atoms with Gasteiger partial charge in [0, 0.05) is 43.9 Å². The maximum atomic E-state index is 12.7. The van der Waals surface area contributed by atoms with E-state index in [2.05, 4.69) is 20.8 Å². The number of aromatic nitrogens is 4. The number of aryl methyl sites for hydroxylation is 3. The number of carbonyl (C=O) groups is 2. The minimum atomic E-state index is -0.545. The molecule has 144 valence electrons. The van der Waals surface area contributed by atoms with Crippen molar-refractivity contribution in [3.63, 3.8) is 0 Å². The number of hydrogen-bond acceptors (Lipinski definition) is 4. The lowest BCUT2D eigenvalue weighted by molar-refractivity contribution is -0.118. The molecule has 3 heterocycles. The van der Waals surface area contributed by atoms with E-state index in [1.807, 2.05) is 37.7 Å². The molecule has 9 nitrogen and oxygen atoms in total. The number of carbonyl (C=O) groups excluding carboxylic acids is 2.